The van der Waals surface area contributed by atoms with Gasteiger partial charge in [0.1, 0.15) is 0 Å². The Kier molecular flexibility index (Phi) is 6.66. The third-order valence-corrected chi connectivity index (χ3v) is 5.99. The zero-order valence-electron chi connectivity index (χ0n) is 18.3. The minimum Gasteiger partial charge on any atom is -0.325 e. The summed E-state index contributed by atoms with van der Waals surface area (Å²) >= 11 is 1.36. The van der Waals surface area contributed by atoms with E-state index in [9.17, 15) is 4.79 Å². The second kappa shape index (κ2) is 9.78. The fraction of sp³-hybridized carbons (Fsp3) is 0.200. The predicted molar refractivity (Wildman–Crippen MR) is 129 cm³/mol. The van der Waals surface area contributed by atoms with Crippen LogP contribution in [0.25, 0.3) is 17.1 Å². The number of aryl methyl sites for hydroxylation is 1. The van der Waals surface area contributed by atoms with E-state index >= 15 is 0 Å². The summed E-state index contributed by atoms with van der Waals surface area (Å²) in [6.07, 6.45) is 3.46. The Morgan fingerprint density at radius 2 is 1.66 bits per heavy atom. The van der Waals surface area contributed by atoms with Crippen LogP contribution in [0, 0.1) is 6.92 Å². The normalized spacial score (nSPS) is 11.0. The summed E-state index contributed by atoms with van der Waals surface area (Å²) in [5.74, 6) is 1.31. The molecule has 0 bridgehead atoms. The summed E-state index contributed by atoms with van der Waals surface area (Å²) < 4.78 is 1.98. The fourth-order valence-electron chi connectivity index (χ4n) is 3.26. The van der Waals surface area contributed by atoms with Gasteiger partial charge in [-0.05, 0) is 54.8 Å². The molecule has 0 unspecified atom stereocenters. The van der Waals surface area contributed by atoms with Crippen LogP contribution < -0.4 is 5.32 Å². The Morgan fingerprint density at radius 1 is 0.969 bits per heavy atom. The molecule has 0 saturated carbocycles. The first kappa shape index (κ1) is 21.8. The SMILES string of the molecule is Cc1ccc(-n2c(SCC(=O)Nc3ccc(C(C)C)cc3)nnc2-c2ccncc2)cc1. The summed E-state index contributed by atoms with van der Waals surface area (Å²) in [5, 5.41) is 12.4. The molecule has 0 spiro atoms. The summed E-state index contributed by atoms with van der Waals surface area (Å²) in [4.78, 5) is 16.7. The van der Waals surface area contributed by atoms with Gasteiger partial charge in [0.25, 0.3) is 0 Å². The van der Waals surface area contributed by atoms with Gasteiger partial charge in [-0.15, -0.1) is 10.2 Å². The molecule has 6 nitrogen and oxygen atoms in total. The molecule has 0 aliphatic heterocycles. The molecule has 0 aliphatic carbocycles. The molecule has 1 amide bonds. The number of carbonyl (C=O) groups excluding carboxylic acids is 1. The van der Waals surface area contributed by atoms with E-state index in [1.165, 1.54) is 22.9 Å². The largest absolute Gasteiger partial charge is 0.325 e. The minimum absolute atomic E-state index is 0.0868. The first-order valence-corrected chi connectivity index (χ1v) is 11.5. The Balaban J connectivity index is 1.53. The lowest BCUT2D eigenvalue weighted by Crippen LogP contribution is -2.14. The van der Waals surface area contributed by atoms with Crippen molar-refractivity contribution >= 4 is 23.4 Å². The van der Waals surface area contributed by atoms with E-state index in [4.69, 9.17) is 0 Å². The van der Waals surface area contributed by atoms with Crippen molar-refractivity contribution in [1.29, 1.82) is 0 Å². The number of hydrogen-bond donors (Lipinski definition) is 1. The van der Waals surface area contributed by atoms with Gasteiger partial charge in [-0.3, -0.25) is 14.3 Å². The fourth-order valence-corrected chi connectivity index (χ4v) is 4.01. The van der Waals surface area contributed by atoms with Gasteiger partial charge < -0.3 is 5.32 Å². The molecule has 4 aromatic rings. The van der Waals surface area contributed by atoms with E-state index in [1.54, 1.807) is 12.4 Å². The smallest absolute Gasteiger partial charge is 0.234 e. The molecule has 2 aromatic heterocycles. The molecule has 7 heteroatoms. The molecule has 2 heterocycles. The second-order valence-corrected chi connectivity index (χ2v) is 8.77. The highest BCUT2D eigenvalue weighted by Gasteiger charge is 2.17. The van der Waals surface area contributed by atoms with Crippen LogP contribution >= 0.6 is 11.8 Å². The minimum atomic E-state index is -0.0868. The van der Waals surface area contributed by atoms with E-state index in [0.717, 1.165) is 16.9 Å². The highest BCUT2D eigenvalue weighted by atomic mass is 32.2. The Bertz CT molecular complexity index is 1190. The van der Waals surface area contributed by atoms with Gasteiger partial charge in [0.05, 0.1) is 5.75 Å². The number of nitrogens with zero attached hydrogens (tertiary/aromatic N) is 4. The lowest BCUT2D eigenvalue weighted by atomic mass is 10.0. The number of carbonyl (C=O) groups is 1. The molecule has 0 saturated heterocycles. The van der Waals surface area contributed by atoms with E-state index < -0.39 is 0 Å². The number of aromatic nitrogens is 4. The average Bonchev–Trinajstić information content (AvgIpc) is 3.23. The number of hydrogen-bond acceptors (Lipinski definition) is 5. The molecule has 162 valence electrons. The Labute approximate surface area is 192 Å². The standard InChI is InChI=1S/C25H25N5OS/c1-17(2)19-6-8-21(9-7-19)27-23(31)16-32-25-29-28-24(20-12-14-26-15-13-20)30(25)22-10-4-18(3)5-11-22/h4-15,17H,16H2,1-3H3,(H,27,31). The maximum atomic E-state index is 12.6. The molecule has 0 fully saturated rings. The van der Waals surface area contributed by atoms with E-state index in [1.807, 2.05) is 72.2 Å². The maximum absolute atomic E-state index is 12.6. The molecule has 2 aromatic carbocycles. The van der Waals surface area contributed by atoms with Crippen molar-refractivity contribution in [3.63, 3.8) is 0 Å². The van der Waals surface area contributed by atoms with Gasteiger partial charge in [0.2, 0.25) is 5.91 Å². The Morgan fingerprint density at radius 3 is 2.31 bits per heavy atom. The monoisotopic (exact) mass is 443 g/mol. The van der Waals surface area contributed by atoms with E-state index in [2.05, 4.69) is 34.3 Å². The van der Waals surface area contributed by atoms with Crippen molar-refractivity contribution in [2.45, 2.75) is 31.8 Å². The van der Waals surface area contributed by atoms with Crippen LogP contribution in [0.4, 0.5) is 5.69 Å². The first-order chi connectivity index (χ1) is 15.5. The van der Waals surface area contributed by atoms with Crippen molar-refractivity contribution < 1.29 is 4.79 Å². The van der Waals surface area contributed by atoms with Crippen LogP contribution in [-0.2, 0) is 4.79 Å². The number of nitrogens with one attached hydrogen (secondary N) is 1. The van der Waals surface area contributed by atoms with Gasteiger partial charge in [0.15, 0.2) is 11.0 Å². The van der Waals surface area contributed by atoms with Gasteiger partial charge in [-0.1, -0.05) is 55.4 Å². The van der Waals surface area contributed by atoms with Gasteiger partial charge >= 0.3 is 0 Å². The highest BCUT2D eigenvalue weighted by Crippen LogP contribution is 2.28. The third-order valence-electron chi connectivity index (χ3n) is 5.06. The first-order valence-electron chi connectivity index (χ1n) is 10.5. The van der Waals surface area contributed by atoms with E-state index in [0.29, 0.717) is 16.9 Å². The number of benzene rings is 2. The van der Waals surface area contributed by atoms with Crippen LogP contribution in [-0.4, -0.2) is 31.4 Å². The number of anilines is 1. The summed E-state index contributed by atoms with van der Waals surface area (Å²) in [6.45, 7) is 6.34. The van der Waals surface area contributed by atoms with Crippen LogP contribution in [0.5, 0.6) is 0 Å². The molecule has 0 aliphatic rings. The van der Waals surface area contributed by atoms with Crippen molar-refractivity contribution in [2.75, 3.05) is 11.1 Å². The average molecular weight is 444 g/mol. The zero-order valence-corrected chi connectivity index (χ0v) is 19.1. The molecule has 0 atom stereocenters. The van der Waals surface area contributed by atoms with Crippen LogP contribution in [0.2, 0.25) is 0 Å². The highest BCUT2D eigenvalue weighted by molar-refractivity contribution is 7.99. The topological polar surface area (TPSA) is 72.7 Å². The van der Waals surface area contributed by atoms with Crippen LogP contribution in [0.1, 0.15) is 30.9 Å². The number of rotatable bonds is 7. The molecule has 1 N–H and O–H groups in total. The molecule has 32 heavy (non-hydrogen) atoms. The second-order valence-electron chi connectivity index (χ2n) is 7.83. The van der Waals surface area contributed by atoms with Crippen LogP contribution in [0.3, 0.4) is 0 Å². The van der Waals surface area contributed by atoms with Crippen molar-refractivity contribution in [2.24, 2.45) is 0 Å². The van der Waals surface area contributed by atoms with Crippen molar-refractivity contribution in [3.8, 4) is 17.1 Å². The van der Waals surface area contributed by atoms with Gasteiger partial charge in [-0.2, -0.15) is 0 Å². The lowest BCUT2D eigenvalue weighted by molar-refractivity contribution is -0.113. The summed E-state index contributed by atoms with van der Waals surface area (Å²) in [7, 11) is 0. The van der Waals surface area contributed by atoms with Crippen molar-refractivity contribution in [3.05, 3.63) is 84.2 Å². The molecular weight excluding hydrogens is 418 g/mol. The van der Waals surface area contributed by atoms with Gasteiger partial charge in [-0.25, -0.2) is 0 Å². The van der Waals surface area contributed by atoms with E-state index in [-0.39, 0.29) is 11.7 Å². The lowest BCUT2D eigenvalue weighted by Gasteiger charge is -2.11. The zero-order chi connectivity index (χ0) is 22.5. The third kappa shape index (κ3) is 5.06. The number of pyridine rings is 1. The Hall–Kier alpha value is -3.45. The molecule has 0 radical (unpaired) electrons. The number of thioether (sulfide) groups is 1. The van der Waals surface area contributed by atoms with Crippen LogP contribution in [0.15, 0.2) is 78.2 Å². The number of amides is 1. The quantitative estimate of drug-likeness (QED) is 0.382. The predicted octanol–water partition coefficient (Wildman–Crippen LogP) is 5.49. The van der Waals surface area contributed by atoms with Crippen molar-refractivity contribution in [1.82, 2.24) is 19.7 Å². The summed E-state index contributed by atoms with van der Waals surface area (Å²) in [6, 6.07) is 19.9. The maximum Gasteiger partial charge on any atom is 0.234 e. The molecule has 4 rings (SSSR count). The summed E-state index contributed by atoms with van der Waals surface area (Å²) in [5.41, 5.74) is 5.06. The molecular formula is C25H25N5OS. The van der Waals surface area contributed by atoms with Gasteiger partial charge in [0, 0.05) is 29.3 Å².